The SMILES string of the molecule is CCCNc1nnc(SCC(=O)Nc2ccccc2C(=O)NCC(C)C)s1. The topological polar surface area (TPSA) is 96.0 Å². The summed E-state index contributed by atoms with van der Waals surface area (Å²) in [6.45, 7) is 7.57. The van der Waals surface area contributed by atoms with Gasteiger partial charge in [0.05, 0.1) is 17.0 Å². The smallest absolute Gasteiger partial charge is 0.253 e. The molecule has 1 heterocycles. The fourth-order valence-electron chi connectivity index (χ4n) is 2.07. The van der Waals surface area contributed by atoms with E-state index in [2.05, 4.69) is 33.1 Å². The highest BCUT2D eigenvalue weighted by molar-refractivity contribution is 8.01. The van der Waals surface area contributed by atoms with E-state index in [1.165, 1.54) is 23.1 Å². The summed E-state index contributed by atoms with van der Waals surface area (Å²) < 4.78 is 0.728. The highest BCUT2D eigenvalue weighted by atomic mass is 32.2. The summed E-state index contributed by atoms with van der Waals surface area (Å²) in [5, 5.41) is 17.7. The fraction of sp³-hybridized carbons (Fsp3) is 0.444. The number of nitrogens with one attached hydrogen (secondary N) is 3. The number of rotatable bonds is 10. The Morgan fingerprint density at radius 2 is 2.00 bits per heavy atom. The molecule has 2 rings (SSSR count). The number of carbonyl (C=O) groups excluding carboxylic acids is 2. The van der Waals surface area contributed by atoms with Crippen LogP contribution in [0.1, 0.15) is 37.6 Å². The first-order valence-corrected chi connectivity index (χ1v) is 10.7. The van der Waals surface area contributed by atoms with Crippen molar-refractivity contribution in [3.8, 4) is 0 Å². The first-order valence-electron chi connectivity index (χ1n) is 8.86. The molecule has 0 saturated carbocycles. The molecule has 0 unspecified atom stereocenters. The molecule has 1 aromatic carbocycles. The third kappa shape index (κ3) is 7.18. The lowest BCUT2D eigenvalue weighted by atomic mass is 10.1. The van der Waals surface area contributed by atoms with Crippen molar-refractivity contribution in [2.24, 2.45) is 5.92 Å². The average Bonchev–Trinajstić information content (AvgIpc) is 3.11. The van der Waals surface area contributed by atoms with Crippen LogP contribution in [0, 0.1) is 5.92 Å². The summed E-state index contributed by atoms with van der Waals surface area (Å²) in [6, 6.07) is 7.00. The molecule has 1 aromatic heterocycles. The van der Waals surface area contributed by atoms with Crippen LogP contribution in [0.4, 0.5) is 10.8 Å². The third-order valence-electron chi connectivity index (χ3n) is 3.38. The summed E-state index contributed by atoms with van der Waals surface area (Å²) in [6.07, 6.45) is 1.01. The molecule has 2 aromatic rings. The van der Waals surface area contributed by atoms with E-state index in [4.69, 9.17) is 0 Å². The third-order valence-corrected chi connectivity index (χ3v) is 5.39. The molecule has 0 aliphatic heterocycles. The Kier molecular flexibility index (Phi) is 8.53. The number of benzene rings is 1. The Morgan fingerprint density at radius 1 is 1.22 bits per heavy atom. The van der Waals surface area contributed by atoms with Crippen LogP contribution in [0.3, 0.4) is 0 Å². The normalized spacial score (nSPS) is 10.7. The van der Waals surface area contributed by atoms with Gasteiger partial charge < -0.3 is 16.0 Å². The minimum absolute atomic E-state index is 0.192. The highest BCUT2D eigenvalue weighted by Gasteiger charge is 2.14. The van der Waals surface area contributed by atoms with E-state index in [0.29, 0.717) is 23.7 Å². The van der Waals surface area contributed by atoms with Crippen LogP contribution in [0.15, 0.2) is 28.6 Å². The van der Waals surface area contributed by atoms with E-state index in [9.17, 15) is 9.59 Å². The van der Waals surface area contributed by atoms with E-state index >= 15 is 0 Å². The fourth-order valence-corrected chi connectivity index (χ4v) is 3.64. The van der Waals surface area contributed by atoms with Gasteiger partial charge in [-0.05, 0) is 24.5 Å². The summed E-state index contributed by atoms with van der Waals surface area (Å²) in [5.74, 6) is 0.172. The van der Waals surface area contributed by atoms with Crippen molar-refractivity contribution in [1.29, 1.82) is 0 Å². The summed E-state index contributed by atoms with van der Waals surface area (Å²) in [7, 11) is 0. The molecule has 0 bridgehead atoms. The molecule has 146 valence electrons. The Balaban J connectivity index is 1.90. The Morgan fingerprint density at radius 3 is 2.74 bits per heavy atom. The van der Waals surface area contributed by atoms with E-state index in [0.717, 1.165) is 22.4 Å². The van der Waals surface area contributed by atoms with Gasteiger partial charge >= 0.3 is 0 Å². The zero-order valence-corrected chi connectivity index (χ0v) is 17.4. The van der Waals surface area contributed by atoms with Gasteiger partial charge in [0.25, 0.3) is 5.91 Å². The maximum atomic E-state index is 12.3. The van der Waals surface area contributed by atoms with Crippen molar-refractivity contribution in [3.63, 3.8) is 0 Å². The second kappa shape index (κ2) is 10.9. The van der Waals surface area contributed by atoms with E-state index < -0.39 is 0 Å². The van der Waals surface area contributed by atoms with Crippen molar-refractivity contribution in [2.45, 2.75) is 31.5 Å². The molecule has 2 amide bonds. The van der Waals surface area contributed by atoms with Crippen molar-refractivity contribution in [1.82, 2.24) is 15.5 Å². The number of nitrogens with zero attached hydrogens (tertiary/aromatic N) is 2. The predicted molar refractivity (Wildman–Crippen MR) is 112 cm³/mol. The van der Waals surface area contributed by atoms with Gasteiger partial charge in [-0.2, -0.15) is 0 Å². The van der Waals surface area contributed by atoms with Crippen LogP contribution in [0.2, 0.25) is 0 Å². The molecule has 0 radical (unpaired) electrons. The summed E-state index contributed by atoms with van der Waals surface area (Å²) in [5.41, 5.74) is 0.963. The van der Waals surface area contributed by atoms with Gasteiger partial charge in [0.1, 0.15) is 0 Å². The van der Waals surface area contributed by atoms with Crippen molar-refractivity contribution < 1.29 is 9.59 Å². The van der Waals surface area contributed by atoms with Crippen LogP contribution in [0.5, 0.6) is 0 Å². The van der Waals surface area contributed by atoms with Crippen LogP contribution < -0.4 is 16.0 Å². The molecule has 0 spiro atoms. The van der Waals surface area contributed by atoms with Gasteiger partial charge in [-0.1, -0.05) is 56.0 Å². The van der Waals surface area contributed by atoms with Crippen LogP contribution in [-0.4, -0.2) is 40.9 Å². The Bertz CT molecular complexity index is 764. The minimum atomic E-state index is -0.192. The first-order chi connectivity index (χ1) is 13.0. The molecular weight excluding hydrogens is 382 g/mol. The van der Waals surface area contributed by atoms with Gasteiger partial charge in [-0.15, -0.1) is 10.2 Å². The minimum Gasteiger partial charge on any atom is -0.360 e. The van der Waals surface area contributed by atoms with Crippen LogP contribution in [0.25, 0.3) is 0 Å². The van der Waals surface area contributed by atoms with Gasteiger partial charge in [-0.25, -0.2) is 0 Å². The number of aromatic nitrogens is 2. The zero-order chi connectivity index (χ0) is 19.6. The van der Waals surface area contributed by atoms with Gasteiger partial charge in [0.15, 0.2) is 4.34 Å². The van der Waals surface area contributed by atoms with Crippen molar-refractivity contribution in [2.75, 3.05) is 29.5 Å². The maximum Gasteiger partial charge on any atom is 0.253 e. The van der Waals surface area contributed by atoms with E-state index in [-0.39, 0.29) is 17.6 Å². The molecule has 27 heavy (non-hydrogen) atoms. The maximum absolute atomic E-state index is 12.3. The number of hydrogen-bond acceptors (Lipinski definition) is 7. The number of amides is 2. The standard InChI is InChI=1S/C18H25N5O2S2/c1-4-9-19-17-22-23-18(27-17)26-11-15(24)21-14-8-6-5-7-13(14)16(25)20-10-12(2)3/h5-8,12H,4,9-11H2,1-3H3,(H,19,22)(H,20,25)(H,21,24). The molecule has 0 aliphatic rings. The molecule has 3 N–H and O–H groups in total. The van der Waals surface area contributed by atoms with E-state index in [1.807, 2.05) is 13.8 Å². The monoisotopic (exact) mass is 407 g/mol. The molecule has 0 atom stereocenters. The molecule has 9 heteroatoms. The Hall–Kier alpha value is -2.13. The molecule has 0 fully saturated rings. The van der Waals surface area contributed by atoms with Gasteiger partial charge in [-0.3, -0.25) is 9.59 Å². The predicted octanol–water partition coefficient (Wildman–Crippen LogP) is 3.48. The summed E-state index contributed by atoms with van der Waals surface area (Å²) in [4.78, 5) is 24.6. The average molecular weight is 408 g/mol. The molecule has 0 aliphatic carbocycles. The van der Waals surface area contributed by atoms with E-state index in [1.54, 1.807) is 24.3 Å². The molecular formula is C18H25N5O2S2. The molecule has 7 nitrogen and oxygen atoms in total. The second-order valence-electron chi connectivity index (χ2n) is 6.29. The quantitative estimate of drug-likeness (QED) is 0.522. The van der Waals surface area contributed by atoms with Gasteiger partial charge in [0.2, 0.25) is 11.0 Å². The lowest BCUT2D eigenvalue weighted by Gasteiger charge is -2.12. The van der Waals surface area contributed by atoms with Crippen molar-refractivity contribution in [3.05, 3.63) is 29.8 Å². The highest BCUT2D eigenvalue weighted by Crippen LogP contribution is 2.25. The number of carbonyl (C=O) groups is 2. The lowest BCUT2D eigenvalue weighted by Crippen LogP contribution is -2.28. The first kappa shape index (κ1) is 21.2. The van der Waals surface area contributed by atoms with Crippen molar-refractivity contribution >= 4 is 45.7 Å². The summed E-state index contributed by atoms with van der Waals surface area (Å²) >= 11 is 2.75. The number of thioether (sulfide) groups is 1. The second-order valence-corrected chi connectivity index (χ2v) is 8.49. The van der Waals surface area contributed by atoms with Crippen LogP contribution in [-0.2, 0) is 4.79 Å². The number of para-hydroxylation sites is 1. The number of anilines is 2. The number of hydrogen-bond donors (Lipinski definition) is 3. The zero-order valence-electron chi connectivity index (χ0n) is 15.7. The van der Waals surface area contributed by atoms with Gasteiger partial charge in [0, 0.05) is 13.1 Å². The largest absolute Gasteiger partial charge is 0.360 e. The van der Waals surface area contributed by atoms with Crippen LogP contribution >= 0.6 is 23.1 Å². The lowest BCUT2D eigenvalue weighted by molar-refractivity contribution is -0.113. The molecule has 0 saturated heterocycles. The Labute approximate surface area is 167 Å².